The Morgan fingerprint density at radius 1 is 1.42 bits per heavy atom. The maximum absolute atomic E-state index is 5.86. The summed E-state index contributed by atoms with van der Waals surface area (Å²) in [5.41, 5.74) is 6.65. The van der Waals surface area contributed by atoms with Crippen LogP contribution in [0, 0.1) is 0 Å². The van der Waals surface area contributed by atoms with Crippen LogP contribution >= 0.6 is 15.9 Å². The molecule has 4 nitrogen and oxygen atoms in total. The first kappa shape index (κ1) is 14.6. The third kappa shape index (κ3) is 3.84. The van der Waals surface area contributed by atoms with Gasteiger partial charge in [-0.25, -0.2) is 0 Å². The molecule has 1 aliphatic heterocycles. The summed E-state index contributed by atoms with van der Waals surface area (Å²) in [6, 6.07) is 3.86. The molecule has 1 unspecified atom stereocenters. The molecule has 0 amide bonds. The Bertz CT molecular complexity index is 419. The molecule has 0 aromatic heterocycles. The van der Waals surface area contributed by atoms with Crippen LogP contribution in [-0.4, -0.2) is 26.4 Å². The van der Waals surface area contributed by atoms with Gasteiger partial charge >= 0.3 is 0 Å². The van der Waals surface area contributed by atoms with Crippen LogP contribution in [0.2, 0.25) is 0 Å². The lowest BCUT2D eigenvalue weighted by Crippen LogP contribution is -2.26. The van der Waals surface area contributed by atoms with Crippen molar-refractivity contribution in [1.29, 1.82) is 0 Å². The Morgan fingerprint density at radius 3 is 2.89 bits per heavy atom. The van der Waals surface area contributed by atoms with Crippen LogP contribution in [0.4, 0.5) is 0 Å². The molecule has 1 saturated heterocycles. The highest BCUT2D eigenvalue weighted by Gasteiger charge is 2.17. The third-order valence-corrected chi connectivity index (χ3v) is 3.80. The molecule has 1 fully saturated rings. The number of hydrogen-bond donors (Lipinski definition) is 1. The smallest absolute Gasteiger partial charge is 0.175 e. The highest BCUT2D eigenvalue weighted by atomic mass is 79.9. The second-order valence-electron chi connectivity index (χ2n) is 4.61. The maximum Gasteiger partial charge on any atom is 0.175 e. The molecule has 1 atom stereocenters. The van der Waals surface area contributed by atoms with E-state index in [1.165, 1.54) is 6.42 Å². The summed E-state index contributed by atoms with van der Waals surface area (Å²) in [4.78, 5) is 0. The molecule has 1 aromatic carbocycles. The van der Waals surface area contributed by atoms with Crippen LogP contribution < -0.4 is 15.2 Å². The van der Waals surface area contributed by atoms with E-state index in [0.717, 1.165) is 29.5 Å². The number of rotatable bonds is 5. The van der Waals surface area contributed by atoms with E-state index in [4.69, 9.17) is 19.9 Å². The molecule has 1 aromatic rings. The van der Waals surface area contributed by atoms with Crippen molar-refractivity contribution in [2.45, 2.75) is 31.9 Å². The van der Waals surface area contributed by atoms with Gasteiger partial charge in [-0.15, -0.1) is 0 Å². The summed E-state index contributed by atoms with van der Waals surface area (Å²) in [6.45, 7) is 1.86. The minimum atomic E-state index is 0.180. The van der Waals surface area contributed by atoms with Crippen molar-refractivity contribution in [3.05, 3.63) is 22.2 Å². The molecule has 5 heteroatoms. The summed E-state index contributed by atoms with van der Waals surface area (Å²) in [6.07, 6.45) is 3.59. The van der Waals surface area contributed by atoms with Crippen LogP contribution in [0.5, 0.6) is 11.5 Å². The lowest BCUT2D eigenvalue weighted by Gasteiger charge is -2.23. The number of halogens is 1. The number of ether oxygens (including phenoxy) is 3. The maximum atomic E-state index is 5.86. The Morgan fingerprint density at radius 2 is 2.26 bits per heavy atom. The van der Waals surface area contributed by atoms with E-state index in [2.05, 4.69) is 15.9 Å². The number of hydrogen-bond acceptors (Lipinski definition) is 4. The van der Waals surface area contributed by atoms with Crippen LogP contribution in [0.3, 0.4) is 0 Å². The van der Waals surface area contributed by atoms with Crippen molar-refractivity contribution in [2.24, 2.45) is 5.73 Å². The normalized spacial score (nSPS) is 19.2. The summed E-state index contributed by atoms with van der Waals surface area (Å²) in [7, 11) is 1.63. The molecule has 106 valence electrons. The van der Waals surface area contributed by atoms with Crippen molar-refractivity contribution >= 4 is 15.9 Å². The topological polar surface area (TPSA) is 53.7 Å². The zero-order valence-corrected chi connectivity index (χ0v) is 12.7. The summed E-state index contributed by atoms with van der Waals surface area (Å²) >= 11 is 3.50. The van der Waals surface area contributed by atoms with E-state index < -0.39 is 0 Å². The zero-order valence-electron chi connectivity index (χ0n) is 11.2. The Labute approximate surface area is 122 Å². The second kappa shape index (κ2) is 7.12. The number of benzene rings is 1. The van der Waals surface area contributed by atoms with E-state index in [-0.39, 0.29) is 6.10 Å². The predicted octanol–water partition coefficient (Wildman–Crippen LogP) is 2.86. The summed E-state index contributed by atoms with van der Waals surface area (Å²) in [5.74, 6) is 1.42. The Balaban J connectivity index is 2.05. The quantitative estimate of drug-likeness (QED) is 0.902. The molecule has 2 N–H and O–H groups in total. The first-order valence-electron chi connectivity index (χ1n) is 6.55. The van der Waals surface area contributed by atoms with Gasteiger partial charge in [-0.2, -0.15) is 0 Å². The molecule has 1 aliphatic rings. The van der Waals surface area contributed by atoms with Gasteiger partial charge in [0.2, 0.25) is 0 Å². The highest BCUT2D eigenvalue weighted by molar-refractivity contribution is 9.10. The standard InChI is InChI=1S/C14H20BrNO3/c1-17-13-7-10(8-16)6-12(15)14(13)19-9-11-4-2-3-5-18-11/h6-7,11H,2-5,8-9,16H2,1H3. The lowest BCUT2D eigenvalue weighted by molar-refractivity contribution is -0.0116. The van der Waals surface area contributed by atoms with E-state index in [0.29, 0.717) is 24.7 Å². The molecule has 0 spiro atoms. The fraction of sp³-hybridized carbons (Fsp3) is 0.571. The number of nitrogens with two attached hydrogens (primary N) is 1. The van der Waals surface area contributed by atoms with Crippen molar-refractivity contribution in [1.82, 2.24) is 0 Å². The molecule has 0 radical (unpaired) electrons. The first-order valence-corrected chi connectivity index (χ1v) is 7.34. The average Bonchev–Trinajstić information content (AvgIpc) is 2.46. The van der Waals surface area contributed by atoms with Crippen molar-refractivity contribution < 1.29 is 14.2 Å². The highest BCUT2D eigenvalue weighted by Crippen LogP contribution is 2.37. The molecular formula is C14H20BrNO3. The van der Waals surface area contributed by atoms with Gasteiger partial charge in [-0.1, -0.05) is 0 Å². The second-order valence-corrected chi connectivity index (χ2v) is 5.47. The van der Waals surface area contributed by atoms with E-state index in [1.54, 1.807) is 7.11 Å². The van der Waals surface area contributed by atoms with Gasteiger partial charge in [-0.05, 0) is 52.9 Å². The van der Waals surface area contributed by atoms with Gasteiger partial charge in [0.15, 0.2) is 11.5 Å². The Kier molecular flexibility index (Phi) is 5.48. The SMILES string of the molecule is COc1cc(CN)cc(Br)c1OCC1CCCCO1. The summed E-state index contributed by atoms with van der Waals surface area (Å²) < 4.78 is 17.7. The fourth-order valence-electron chi connectivity index (χ4n) is 2.15. The number of methoxy groups -OCH3 is 1. The molecule has 0 saturated carbocycles. The van der Waals surface area contributed by atoms with E-state index in [9.17, 15) is 0 Å². The minimum Gasteiger partial charge on any atom is -0.493 e. The lowest BCUT2D eigenvalue weighted by atomic mass is 10.1. The summed E-state index contributed by atoms with van der Waals surface area (Å²) in [5, 5.41) is 0. The predicted molar refractivity (Wildman–Crippen MR) is 77.7 cm³/mol. The first-order chi connectivity index (χ1) is 9.24. The minimum absolute atomic E-state index is 0.180. The molecule has 1 heterocycles. The Hall–Kier alpha value is -0.780. The van der Waals surface area contributed by atoms with Crippen molar-refractivity contribution in [3.8, 4) is 11.5 Å². The van der Waals surface area contributed by atoms with Crippen LogP contribution in [0.25, 0.3) is 0 Å². The molecule has 2 rings (SSSR count). The van der Waals surface area contributed by atoms with E-state index in [1.807, 2.05) is 12.1 Å². The molecule has 19 heavy (non-hydrogen) atoms. The van der Waals surface area contributed by atoms with Crippen molar-refractivity contribution in [3.63, 3.8) is 0 Å². The molecule has 0 aliphatic carbocycles. The van der Waals surface area contributed by atoms with Gasteiger partial charge in [0.1, 0.15) is 6.61 Å². The van der Waals surface area contributed by atoms with Crippen LogP contribution in [-0.2, 0) is 11.3 Å². The zero-order chi connectivity index (χ0) is 13.7. The van der Waals surface area contributed by atoms with E-state index >= 15 is 0 Å². The van der Waals surface area contributed by atoms with Crippen LogP contribution in [0.15, 0.2) is 16.6 Å². The third-order valence-electron chi connectivity index (χ3n) is 3.21. The fourth-order valence-corrected chi connectivity index (χ4v) is 2.75. The largest absolute Gasteiger partial charge is 0.493 e. The monoisotopic (exact) mass is 329 g/mol. The average molecular weight is 330 g/mol. The molecular weight excluding hydrogens is 310 g/mol. The van der Waals surface area contributed by atoms with Gasteiger partial charge in [0.05, 0.1) is 17.7 Å². The van der Waals surface area contributed by atoms with Gasteiger partial charge in [-0.3, -0.25) is 0 Å². The van der Waals surface area contributed by atoms with Gasteiger partial charge < -0.3 is 19.9 Å². The molecule has 0 bridgehead atoms. The van der Waals surface area contributed by atoms with Gasteiger partial charge in [0.25, 0.3) is 0 Å². The van der Waals surface area contributed by atoms with Crippen molar-refractivity contribution in [2.75, 3.05) is 20.3 Å². The van der Waals surface area contributed by atoms with Gasteiger partial charge in [0, 0.05) is 13.2 Å². The van der Waals surface area contributed by atoms with Crippen LogP contribution in [0.1, 0.15) is 24.8 Å².